The first-order valence-electron chi connectivity index (χ1n) is 28.7. The molecule has 0 fully saturated rings. The van der Waals surface area contributed by atoms with E-state index in [1.165, 1.54) is 146 Å². The summed E-state index contributed by atoms with van der Waals surface area (Å²) >= 11 is 0. The van der Waals surface area contributed by atoms with E-state index in [0.717, 1.165) is 0 Å². The quantitative estimate of drug-likeness (QED) is 0.158. The summed E-state index contributed by atoms with van der Waals surface area (Å²) in [5.41, 5.74) is 4.23. The minimum atomic E-state index is -4.20. The summed E-state index contributed by atoms with van der Waals surface area (Å²) in [6, 6.07) is 67.9. The van der Waals surface area contributed by atoms with Crippen molar-refractivity contribution in [2.45, 2.75) is 77.2 Å². The molecule has 3 unspecified atom stereocenters. The Balaban J connectivity index is 0.929. The van der Waals surface area contributed by atoms with E-state index >= 15 is 0 Å². The fourth-order valence-electron chi connectivity index (χ4n) is 10.9. The lowest BCUT2D eigenvalue weighted by Crippen LogP contribution is -2.43. The van der Waals surface area contributed by atoms with Crippen LogP contribution < -0.4 is 18.9 Å². The van der Waals surface area contributed by atoms with Crippen molar-refractivity contribution < 1.29 is 72.3 Å². The zero-order valence-corrected chi connectivity index (χ0v) is 51.7. The van der Waals surface area contributed by atoms with E-state index in [0.29, 0.717) is 44.7 Å². The SMILES string of the molecule is O=S1(=O)c2ccc(cc2)OC(c2ccc(S(=O)(=O)c3ccc(O)cc3)cc2)c2ccccc2COCc2ccccc2C2(OCc3ccccc3C(c3ccc(S(=O)(=O)c4ccc(O)cc4)cc3)Oc3ccc(cc3)S(=O)(=O)c3ccc(cc3)O2)Oc2ccc1cc2. The van der Waals surface area contributed by atoms with Crippen molar-refractivity contribution in [2.24, 2.45) is 0 Å². The zero-order chi connectivity index (χ0) is 63.8. The van der Waals surface area contributed by atoms with Crippen LogP contribution in [0.4, 0.5) is 0 Å². The second-order valence-corrected chi connectivity index (χ2v) is 29.4. The number of fused-ring (bicyclic) bond motifs is 4. The highest BCUT2D eigenvalue weighted by Gasteiger charge is 2.43. The summed E-state index contributed by atoms with van der Waals surface area (Å²) in [6.45, 7) is -0.400. The molecule has 6 aliphatic rings. The van der Waals surface area contributed by atoms with E-state index < -0.39 is 57.5 Å². The lowest BCUT2D eigenvalue weighted by Gasteiger charge is -2.36. The minimum Gasteiger partial charge on any atom is -0.508 e. The highest BCUT2D eigenvalue weighted by molar-refractivity contribution is 7.92. The molecular formula is C72H54O16S4. The van der Waals surface area contributed by atoms with Gasteiger partial charge in [-0.15, -0.1) is 0 Å². The first-order chi connectivity index (χ1) is 44.3. The molecular weight excluding hydrogens is 1250 g/mol. The molecule has 11 aromatic rings. The molecule has 20 heteroatoms. The van der Waals surface area contributed by atoms with Crippen LogP contribution in [0.3, 0.4) is 0 Å². The molecule has 0 amide bonds. The smallest absolute Gasteiger partial charge is 0.402 e. The number of ether oxygens (including phenoxy) is 6. The van der Waals surface area contributed by atoms with E-state index in [2.05, 4.69) is 0 Å². The van der Waals surface area contributed by atoms with Gasteiger partial charge in [0.25, 0.3) is 0 Å². The molecule has 8 bridgehead atoms. The second kappa shape index (κ2) is 24.6. The number of benzene rings is 11. The van der Waals surface area contributed by atoms with Crippen molar-refractivity contribution in [1.29, 1.82) is 0 Å². The molecule has 16 nitrogen and oxygen atoms in total. The number of sulfone groups is 4. The summed E-state index contributed by atoms with van der Waals surface area (Å²) in [6.07, 6.45) is -1.90. The maximum atomic E-state index is 14.5. The molecule has 0 aliphatic carbocycles. The van der Waals surface area contributed by atoms with Crippen molar-refractivity contribution in [1.82, 2.24) is 0 Å². The van der Waals surface area contributed by atoms with Gasteiger partial charge in [0.1, 0.15) is 46.7 Å². The minimum absolute atomic E-state index is 0.00107. The van der Waals surface area contributed by atoms with E-state index in [1.54, 1.807) is 84.9 Å². The molecule has 6 heterocycles. The fraction of sp³-hybridized carbons (Fsp3) is 0.0833. The number of rotatable bonds is 6. The van der Waals surface area contributed by atoms with Crippen LogP contribution in [0.1, 0.15) is 56.7 Å². The van der Waals surface area contributed by atoms with Gasteiger partial charge in [-0.2, -0.15) is 0 Å². The molecule has 462 valence electrons. The average Bonchev–Trinajstić information content (AvgIpc) is 1.37. The van der Waals surface area contributed by atoms with Crippen LogP contribution in [0.5, 0.6) is 34.5 Å². The third-order valence-corrected chi connectivity index (χ3v) is 22.9. The van der Waals surface area contributed by atoms with Crippen LogP contribution in [-0.2, 0) is 74.6 Å². The van der Waals surface area contributed by atoms with Crippen LogP contribution in [0.25, 0.3) is 0 Å². The predicted octanol–water partition coefficient (Wildman–Crippen LogP) is 13.6. The molecule has 11 aromatic carbocycles. The fourth-order valence-corrected chi connectivity index (χ4v) is 16.0. The van der Waals surface area contributed by atoms with Crippen LogP contribution in [0, 0.1) is 0 Å². The maximum absolute atomic E-state index is 14.5. The maximum Gasteiger partial charge on any atom is 0.402 e. The van der Waals surface area contributed by atoms with Crippen molar-refractivity contribution in [2.75, 3.05) is 0 Å². The Morgan fingerprint density at radius 2 is 0.663 bits per heavy atom. The number of phenolic OH excluding ortho intramolecular Hbond substituents is 2. The lowest BCUT2D eigenvalue weighted by atomic mass is 9.96. The normalized spacial score (nSPS) is 17.9. The van der Waals surface area contributed by atoms with Crippen molar-refractivity contribution in [3.63, 3.8) is 0 Å². The van der Waals surface area contributed by atoms with Gasteiger partial charge < -0.3 is 33.9 Å². The van der Waals surface area contributed by atoms with E-state index in [-0.39, 0.29) is 93.3 Å². The van der Waals surface area contributed by atoms with Crippen LogP contribution >= 0.6 is 0 Å². The molecule has 6 aliphatic heterocycles. The molecule has 92 heavy (non-hydrogen) atoms. The van der Waals surface area contributed by atoms with Crippen molar-refractivity contribution in [3.8, 4) is 34.5 Å². The first kappa shape index (κ1) is 60.8. The Kier molecular flexibility index (Phi) is 16.3. The monoisotopic (exact) mass is 1300 g/mol. The van der Waals surface area contributed by atoms with Crippen molar-refractivity contribution in [3.05, 3.63) is 311 Å². The summed E-state index contributed by atoms with van der Waals surface area (Å²) in [7, 11) is -16.4. The van der Waals surface area contributed by atoms with Gasteiger partial charge in [0, 0.05) is 11.1 Å². The van der Waals surface area contributed by atoms with E-state index in [1.807, 2.05) is 36.4 Å². The van der Waals surface area contributed by atoms with E-state index in [9.17, 15) is 43.9 Å². The Bertz CT molecular complexity index is 5000. The van der Waals surface area contributed by atoms with Gasteiger partial charge in [0.2, 0.25) is 39.3 Å². The molecule has 0 aromatic heterocycles. The molecule has 0 saturated heterocycles. The molecule has 2 N–H and O–H groups in total. The summed E-state index contributed by atoms with van der Waals surface area (Å²) < 4.78 is 155. The average molecular weight is 1300 g/mol. The van der Waals surface area contributed by atoms with Gasteiger partial charge in [-0.25, -0.2) is 33.7 Å². The summed E-state index contributed by atoms with van der Waals surface area (Å²) in [5, 5.41) is 19.8. The Hall–Kier alpha value is -10.1. The highest BCUT2D eigenvalue weighted by Crippen LogP contribution is 2.42. The Morgan fingerprint density at radius 1 is 0.348 bits per heavy atom. The highest BCUT2D eigenvalue weighted by atomic mass is 32.2. The van der Waals surface area contributed by atoms with Gasteiger partial charge in [-0.05, 0) is 204 Å². The van der Waals surface area contributed by atoms with E-state index in [4.69, 9.17) is 28.4 Å². The number of aromatic hydroxyl groups is 2. The summed E-state index contributed by atoms with van der Waals surface area (Å²) in [4.78, 5) is -0.294. The first-order valence-corrected chi connectivity index (χ1v) is 34.6. The molecule has 17 rings (SSSR count). The van der Waals surface area contributed by atoms with Crippen LogP contribution in [0.15, 0.2) is 306 Å². The van der Waals surface area contributed by atoms with Gasteiger partial charge in [-0.3, -0.25) is 4.74 Å². The Labute approximate surface area is 531 Å². The standard InChI is InChI=1S/C72H54O16S4/c73-53-17-33-61(34-18-53)89(75,76)59-29-13-48(14-30-59)70-67-10-4-1-7-50(67)45-83-46-52-9-3-6-12-69(52)72(87-57-25-41-65(42-26-57)91(79,80)63-37-21-55(85-70)22-38-63)84-47-51-8-2-5-11-68(51)71(49-15-31-60(32-16-49)90(77,78)62-35-19-54(74)20-36-62)86-56-23-39-64(40-24-56)92(81,82)66-43-27-58(88-72)28-44-66/h1-44,70-71,73-74H,45-47H2. The second-order valence-electron chi connectivity index (χ2n) is 21.6. The third kappa shape index (κ3) is 12.1. The van der Waals surface area contributed by atoms with Crippen LogP contribution in [-0.4, -0.2) is 43.9 Å². The molecule has 0 radical (unpaired) electrons. The molecule has 1 spiro atoms. The van der Waals surface area contributed by atoms with Gasteiger partial charge >= 0.3 is 5.97 Å². The lowest BCUT2D eigenvalue weighted by molar-refractivity contribution is -0.320. The third-order valence-electron chi connectivity index (χ3n) is 15.8. The topological polar surface area (TPSA) is 232 Å². The number of phenols is 2. The van der Waals surface area contributed by atoms with Gasteiger partial charge in [-0.1, -0.05) is 91.0 Å². The largest absolute Gasteiger partial charge is 0.508 e. The van der Waals surface area contributed by atoms with Gasteiger partial charge in [0.15, 0.2) is 0 Å². The number of hydrogen-bond donors (Lipinski definition) is 2. The molecule has 3 atom stereocenters. The van der Waals surface area contributed by atoms with Gasteiger partial charge in [0.05, 0.1) is 64.5 Å². The number of hydrogen-bond acceptors (Lipinski definition) is 16. The predicted molar refractivity (Wildman–Crippen MR) is 337 cm³/mol. The van der Waals surface area contributed by atoms with Crippen LogP contribution in [0.2, 0.25) is 0 Å². The summed E-state index contributed by atoms with van der Waals surface area (Å²) in [5.74, 6) is -1.73. The Morgan fingerprint density at radius 3 is 1.05 bits per heavy atom. The van der Waals surface area contributed by atoms with Crippen molar-refractivity contribution >= 4 is 39.3 Å². The zero-order valence-electron chi connectivity index (χ0n) is 48.4. The molecule has 0 saturated carbocycles.